The third-order valence-electron chi connectivity index (χ3n) is 4.44. The summed E-state index contributed by atoms with van der Waals surface area (Å²) in [5.41, 5.74) is 2.66. The molecular weight excluding hydrogens is 457 g/mol. The molecule has 0 radical (unpaired) electrons. The van der Waals surface area contributed by atoms with Gasteiger partial charge in [-0.3, -0.25) is 4.99 Å². The van der Waals surface area contributed by atoms with Crippen molar-refractivity contribution in [3.8, 4) is 17.2 Å². The maximum Gasteiger partial charge on any atom is 0.134 e. The van der Waals surface area contributed by atoms with E-state index in [1.807, 2.05) is 72.8 Å². The summed E-state index contributed by atoms with van der Waals surface area (Å²) >= 11 is 3.54. The van der Waals surface area contributed by atoms with Crippen molar-refractivity contribution in [1.82, 2.24) is 0 Å². The molecule has 154 valence electrons. The van der Waals surface area contributed by atoms with E-state index in [0.717, 1.165) is 32.8 Å². The SMILES string of the molecule is Fc1ccc(COc2ccc(C=Nc3ccc(Oc4ccccc4)cc3)cc2Br)cc1. The molecule has 31 heavy (non-hydrogen) atoms. The third-order valence-corrected chi connectivity index (χ3v) is 5.06. The Morgan fingerprint density at radius 3 is 2.23 bits per heavy atom. The molecule has 3 nitrogen and oxygen atoms in total. The Bertz CT molecular complexity index is 1160. The summed E-state index contributed by atoms with van der Waals surface area (Å²) in [4.78, 5) is 4.52. The van der Waals surface area contributed by atoms with E-state index in [1.54, 1.807) is 18.3 Å². The number of hydrogen-bond donors (Lipinski definition) is 0. The molecular formula is C26H19BrFNO2. The first-order chi connectivity index (χ1) is 15.2. The molecule has 0 heterocycles. The van der Waals surface area contributed by atoms with Crippen molar-refractivity contribution in [1.29, 1.82) is 0 Å². The van der Waals surface area contributed by atoms with E-state index >= 15 is 0 Å². The number of para-hydroxylation sites is 1. The minimum absolute atomic E-state index is 0.257. The summed E-state index contributed by atoms with van der Waals surface area (Å²) < 4.78 is 25.4. The summed E-state index contributed by atoms with van der Waals surface area (Å²) in [6.45, 7) is 0.365. The van der Waals surface area contributed by atoms with Crippen molar-refractivity contribution in [2.45, 2.75) is 6.61 Å². The van der Waals surface area contributed by atoms with Crippen molar-refractivity contribution < 1.29 is 13.9 Å². The van der Waals surface area contributed by atoms with Crippen LogP contribution >= 0.6 is 15.9 Å². The summed E-state index contributed by atoms with van der Waals surface area (Å²) in [6.07, 6.45) is 1.79. The molecule has 0 spiro atoms. The number of rotatable bonds is 7. The molecule has 5 heteroatoms. The number of benzene rings is 4. The molecule has 0 aromatic heterocycles. The maximum atomic E-state index is 13.0. The Labute approximate surface area is 188 Å². The number of aliphatic imine (C=N–C) groups is 1. The predicted molar refractivity (Wildman–Crippen MR) is 125 cm³/mol. The highest BCUT2D eigenvalue weighted by Crippen LogP contribution is 2.27. The van der Waals surface area contributed by atoms with E-state index in [1.165, 1.54) is 12.1 Å². The van der Waals surface area contributed by atoms with Gasteiger partial charge in [0.25, 0.3) is 0 Å². The average molecular weight is 476 g/mol. The van der Waals surface area contributed by atoms with E-state index in [9.17, 15) is 4.39 Å². The standard InChI is InChI=1S/C26H19BrFNO2/c27-25-16-20(8-15-26(25)30-18-19-6-9-21(28)10-7-19)17-29-22-11-13-24(14-12-22)31-23-4-2-1-3-5-23/h1-17H,18H2. The zero-order valence-electron chi connectivity index (χ0n) is 16.5. The smallest absolute Gasteiger partial charge is 0.134 e. The monoisotopic (exact) mass is 475 g/mol. The summed E-state index contributed by atoms with van der Waals surface area (Å²) in [5, 5.41) is 0. The zero-order valence-corrected chi connectivity index (χ0v) is 18.1. The molecule has 0 N–H and O–H groups in total. The first-order valence-electron chi connectivity index (χ1n) is 9.69. The number of nitrogens with zero attached hydrogens (tertiary/aromatic N) is 1. The largest absolute Gasteiger partial charge is 0.488 e. The summed E-state index contributed by atoms with van der Waals surface area (Å²) in [7, 11) is 0. The van der Waals surface area contributed by atoms with Gasteiger partial charge in [0, 0.05) is 6.21 Å². The van der Waals surface area contributed by atoms with Crippen LogP contribution in [0.15, 0.2) is 107 Å². The molecule has 4 aromatic carbocycles. The molecule has 0 amide bonds. The van der Waals surface area contributed by atoms with Crippen molar-refractivity contribution >= 4 is 27.8 Å². The highest BCUT2D eigenvalue weighted by Gasteiger charge is 2.03. The number of ether oxygens (including phenoxy) is 2. The predicted octanol–water partition coefficient (Wildman–Crippen LogP) is 7.71. The van der Waals surface area contributed by atoms with Crippen molar-refractivity contribution in [3.05, 3.63) is 118 Å². The Balaban J connectivity index is 1.36. The van der Waals surface area contributed by atoms with Gasteiger partial charge in [-0.25, -0.2) is 4.39 Å². The summed E-state index contributed by atoms with van der Waals surface area (Å²) in [5.74, 6) is 2.01. The van der Waals surface area contributed by atoms with Gasteiger partial charge in [0.05, 0.1) is 10.2 Å². The van der Waals surface area contributed by atoms with Crippen LogP contribution in [-0.4, -0.2) is 6.21 Å². The van der Waals surface area contributed by atoms with Crippen molar-refractivity contribution in [3.63, 3.8) is 0 Å². The number of hydrogen-bond acceptors (Lipinski definition) is 3. The minimum Gasteiger partial charge on any atom is -0.488 e. The van der Waals surface area contributed by atoms with E-state index in [2.05, 4.69) is 20.9 Å². The van der Waals surface area contributed by atoms with Crippen molar-refractivity contribution in [2.75, 3.05) is 0 Å². The van der Waals surface area contributed by atoms with Gasteiger partial charge < -0.3 is 9.47 Å². The Hall–Kier alpha value is -3.44. The van der Waals surface area contributed by atoms with Crippen LogP contribution in [0.5, 0.6) is 17.2 Å². The second-order valence-electron chi connectivity index (χ2n) is 6.77. The normalized spacial score (nSPS) is 10.9. The van der Waals surface area contributed by atoms with Crippen LogP contribution in [0.1, 0.15) is 11.1 Å². The van der Waals surface area contributed by atoms with Gasteiger partial charge in [-0.05, 0) is 93.8 Å². The molecule has 0 fully saturated rings. The highest BCUT2D eigenvalue weighted by atomic mass is 79.9. The highest BCUT2D eigenvalue weighted by molar-refractivity contribution is 9.10. The maximum absolute atomic E-state index is 13.0. The van der Waals surface area contributed by atoms with Crippen LogP contribution in [-0.2, 0) is 6.61 Å². The summed E-state index contributed by atoms with van der Waals surface area (Å²) in [6, 6.07) is 29.3. The van der Waals surface area contributed by atoms with E-state index in [-0.39, 0.29) is 5.82 Å². The average Bonchev–Trinajstić information content (AvgIpc) is 2.80. The lowest BCUT2D eigenvalue weighted by Gasteiger charge is -2.09. The van der Waals surface area contributed by atoms with Crippen LogP contribution in [0, 0.1) is 5.82 Å². The molecule has 0 aliphatic rings. The molecule has 0 aliphatic carbocycles. The van der Waals surface area contributed by atoms with E-state index in [4.69, 9.17) is 9.47 Å². The van der Waals surface area contributed by atoms with Gasteiger partial charge in [-0.1, -0.05) is 30.3 Å². The van der Waals surface area contributed by atoms with E-state index < -0.39 is 0 Å². The molecule has 4 aromatic rings. The fourth-order valence-corrected chi connectivity index (χ4v) is 3.34. The van der Waals surface area contributed by atoms with Crippen LogP contribution < -0.4 is 9.47 Å². The Morgan fingerprint density at radius 1 is 0.806 bits per heavy atom. The van der Waals surface area contributed by atoms with Crippen LogP contribution in [0.2, 0.25) is 0 Å². The molecule has 0 aliphatic heterocycles. The fourth-order valence-electron chi connectivity index (χ4n) is 2.83. The minimum atomic E-state index is -0.257. The van der Waals surface area contributed by atoms with Gasteiger partial charge in [-0.15, -0.1) is 0 Å². The molecule has 0 saturated heterocycles. The molecule has 0 atom stereocenters. The topological polar surface area (TPSA) is 30.8 Å². The zero-order chi connectivity index (χ0) is 21.5. The second-order valence-corrected chi connectivity index (χ2v) is 7.63. The molecule has 0 saturated carbocycles. The fraction of sp³-hybridized carbons (Fsp3) is 0.0385. The van der Waals surface area contributed by atoms with Crippen molar-refractivity contribution in [2.24, 2.45) is 4.99 Å². The Morgan fingerprint density at radius 2 is 1.52 bits per heavy atom. The van der Waals surface area contributed by atoms with Crippen LogP contribution in [0.4, 0.5) is 10.1 Å². The molecule has 4 rings (SSSR count). The third kappa shape index (κ3) is 6.03. The molecule has 0 unspecified atom stereocenters. The second kappa shape index (κ2) is 10.0. The lowest BCUT2D eigenvalue weighted by molar-refractivity contribution is 0.304. The number of halogens is 2. The quantitative estimate of drug-likeness (QED) is 0.256. The van der Waals surface area contributed by atoms with E-state index in [0.29, 0.717) is 12.4 Å². The first-order valence-corrected chi connectivity index (χ1v) is 10.5. The molecule has 0 bridgehead atoms. The van der Waals surface area contributed by atoms with Gasteiger partial charge in [0.15, 0.2) is 0 Å². The lowest BCUT2D eigenvalue weighted by atomic mass is 10.2. The van der Waals surface area contributed by atoms with Crippen LogP contribution in [0.3, 0.4) is 0 Å². The van der Waals surface area contributed by atoms with Gasteiger partial charge in [0.1, 0.15) is 29.7 Å². The van der Waals surface area contributed by atoms with Gasteiger partial charge in [0.2, 0.25) is 0 Å². The lowest BCUT2D eigenvalue weighted by Crippen LogP contribution is -1.96. The first kappa shape index (κ1) is 20.8. The Kier molecular flexibility index (Phi) is 6.75. The van der Waals surface area contributed by atoms with Crippen LogP contribution in [0.25, 0.3) is 0 Å². The van der Waals surface area contributed by atoms with Gasteiger partial charge >= 0.3 is 0 Å². The van der Waals surface area contributed by atoms with Gasteiger partial charge in [-0.2, -0.15) is 0 Å².